The van der Waals surface area contributed by atoms with Crippen LogP contribution in [0.25, 0.3) is 0 Å². The quantitative estimate of drug-likeness (QED) is 0.230. The van der Waals surface area contributed by atoms with Gasteiger partial charge in [0.2, 0.25) is 0 Å². The fourth-order valence-electron chi connectivity index (χ4n) is 1.05. The molecule has 0 spiro atoms. The van der Waals surface area contributed by atoms with E-state index in [2.05, 4.69) is 9.47 Å². The SMILES string of the molecule is COC(=O)/C=C\C(=O)OCCCC(F)(F)C(F)(F)S(=O)(=O)O. The summed E-state index contributed by atoms with van der Waals surface area (Å²) in [5, 5.41) is -5.66. The maximum Gasteiger partial charge on any atom is 0.431 e. The lowest BCUT2D eigenvalue weighted by atomic mass is 10.2. The summed E-state index contributed by atoms with van der Waals surface area (Å²) in [5.74, 6) is -7.04. The summed E-state index contributed by atoms with van der Waals surface area (Å²) in [6.45, 7) is -0.735. The second-order valence-corrected chi connectivity index (χ2v) is 5.29. The van der Waals surface area contributed by atoms with E-state index in [-0.39, 0.29) is 0 Å². The van der Waals surface area contributed by atoms with Crippen LogP contribution in [-0.4, -0.2) is 49.8 Å². The van der Waals surface area contributed by atoms with Crippen molar-refractivity contribution in [3.05, 3.63) is 12.2 Å². The zero-order valence-electron chi connectivity index (χ0n) is 11.1. The van der Waals surface area contributed by atoms with E-state index in [0.29, 0.717) is 12.2 Å². The molecule has 0 aromatic rings. The number of ether oxygens (including phenoxy) is 2. The summed E-state index contributed by atoms with van der Waals surface area (Å²) in [4.78, 5) is 21.6. The molecule has 0 aliphatic rings. The van der Waals surface area contributed by atoms with Gasteiger partial charge < -0.3 is 9.47 Å². The zero-order chi connectivity index (χ0) is 17.6. The van der Waals surface area contributed by atoms with Gasteiger partial charge in [-0.2, -0.15) is 26.0 Å². The smallest absolute Gasteiger partial charge is 0.431 e. The molecule has 128 valence electrons. The van der Waals surface area contributed by atoms with Crippen molar-refractivity contribution in [3.8, 4) is 0 Å². The number of halogens is 4. The van der Waals surface area contributed by atoms with Crippen molar-refractivity contribution in [2.75, 3.05) is 13.7 Å². The summed E-state index contributed by atoms with van der Waals surface area (Å²) in [5.41, 5.74) is 0. The minimum absolute atomic E-state index is 0.622. The minimum Gasteiger partial charge on any atom is -0.466 e. The van der Waals surface area contributed by atoms with Gasteiger partial charge in [0.15, 0.2) is 0 Å². The summed E-state index contributed by atoms with van der Waals surface area (Å²) in [6.07, 6.45) is -1.16. The molecular weight excluding hydrogens is 340 g/mol. The van der Waals surface area contributed by atoms with Crippen LogP contribution >= 0.6 is 0 Å². The molecule has 0 aromatic heterocycles. The van der Waals surface area contributed by atoms with Crippen LogP contribution in [0.5, 0.6) is 0 Å². The zero-order valence-corrected chi connectivity index (χ0v) is 11.9. The van der Waals surface area contributed by atoms with Crippen molar-refractivity contribution in [2.24, 2.45) is 0 Å². The molecule has 0 saturated carbocycles. The number of alkyl halides is 4. The van der Waals surface area contributed by atoms with Crippen molar-refractivity contribution in [1.82, 2.24) is 0 Å². The highest BCUT2D eigenvalue weighted by Gasteiger charge is 2.64. The van der Waals surface area contributed by atoms with Crippen LogP contribution in [0.15, 0.2) is 12.2 Å². The maximum atomic E-state index is 13.0. The van der Waals surface area contributed by atoms with E-state index in [1.807, 2.05) is 0 Å². The minimum atomic E-state index is -6.29. The van der Waals surface area contributed by atoms with E-state index in [1.54, 1.807) is 0 Å². The number of methoxy groups -OCH3 is 1. The molecule has 12 heteroatoms. The van der Waals surface area contributed by atoms with Crippen molar-refractivity contribution in [2.45, 2.75) is 24.0 Å². The number of hydrogen-bond acceptors (Lipinski definition) is 6. The predicted molar refractivity (Wildman–Crippen MR) is 62.8 cm³/mol. The van der Waals surface area contributed by atoms with Gasteiger partial charge >= 0.3 is 33.2 Å². The molecule has 1 N–H and O–H groups in total. The summed E-state index contributed by atoms with van der Waals surface area (Å²) in [7, 11) is -5.25. The van der Waals surface area contributed by atoms with Gasteiger partial charge in [0.05, 0.1) is 13.7 Å². The number of rotatable bonds is 8. The van der Waals surface area contributed by atoms with E-state index < -0.39 is 52.7 Å². The third kappa shape index (κ3) is 5.60. The lowest BCUT2D eigenvalue weighted by Gasteiger charge is -2.23. The van der Waals surface area contributed by atoms with E-state index in [4.69, 9.17) is 4.55 Å². The van der Waals surface area contributed by atoms with Crippen LogP contribution in [-0.2, 0) is 29.2 Å². The average molecular weight is 352 g/mol. The largest absolute Gasteiger partial charge is 0.466 e. The fraction of sp³-hybridized carbons (Fsp3) is 0.600. The molecule has 0 bridgehead atoms. The monoisotopic (exact) mass is 352 g/mol. The molecule has 0 aromatic carbocycles. The topological polar surface area (TPSA) is 107 Å². The molecule has 0 rings (SSSR count). The van der Waals surface area contributed by atoms with Crippen LogP contribution in [0.4, 0.5) is 17.6 Å². The van der Waals surface area contributed by atoms with Crippen LogP contribution in [0, 0.1) is 0 Å². The first-order valence-electron chi connectivity index (χ1n) is 5.50. The van der Waals surface area contributed by atoms with Crippen LogP contribution in [0.2, 0.25) is 0 Å². The number of carbonyl (C=O) groups is 2. The van der Waals surface area contributed by atoms with Gasteiger partial charge in [-0.3, -0.25) is 4.55 Å². The number of esters is 2. The van der Waals surface area contributed by atoms with E-state index in [0.717, 1.165) is 7.11 Å². The fourth-order valence-corrected chi connectivity index (χ4v) is 1.53. The molecule has 0 amide bonds. The molecule has 0 fully saturated rings. The van der Waals surface area contributed by atoms with Crippen molar-refractivity contribution < 1.29 is 49.6 Å². The highest BCUT2D eigenvalue weighted by Crippen LogP contribution is 2.41. The standard InChI is InChI=1S/C10H12F4O7S/c1-20-7(15)3-4-8(16)21-6-2-5-9(11,12)10(13,14)22(17,18)19/h3-4H,2,5-6H2,1H3,(H,17,18,19)/b4-3-. The third-order valence-corrected chi connectivity index (χ3v) is 3.13. The highest BCUT2D eigenvalue weighted by atomic mass is 32.2. The van der Waals surface area contributed by atoms with E-state index in [9.17, 15) is 35.6 Å². The highest BCUT2D eigenvalue weighted by molar-refractivity contribution is 7.87. The van der Waals surface area contributed by atoms with Gasteiger partial charge in [0.25, 0.3) is 0 Å². The Morgan fingerprint density at radius 1 is 1.14 bits per heavy atom. The van der Waals surface area contributed by atoms with E-state index in [1.165, 1.54) is 0 Å². The second-order valence-electron chi connectivity index (χ2n) is 3.82. The molecule has 0 saturated heterocycles. The molecule has 0 unspecified atom stereocenters. The second kappa shape index (κ2) is 7.54. The average Bonchev–Trinajstić information content (AvgIpc) is 2.39. The molecule has 7 nitrogen and oxygen atoms in total. The van der Waals surface area contributed by atoms with Crippen LogP contribution in [0.3, 0.4) is 0 Å². The summed E-state index contributed by atoms with van der Waals surface area (Å²) in [6, 6.07) is 0. The van der Waals surface area contributed by atoms with Gasteiger partial charge in [-0.1, -0.05) is 0 Å². The van der Waals surface area contributed by atoms with Gasteiger partial charge in [-0.25, -0.2) is 9.59 Å². The normalized spacial score (nSPS) is 13.2. The first-order chi connectivity index (χ1) is 9.85. The number of carbonyl (C=O) groups excluding carboxylic acids is 2. The Hall–Kier alpha value is -1.69. The van der Waals surface area contributed by atoms with Gasteiger partial charge in [0.1, 0.15) is 0 Å². The van der Waals surface area contributed by atoms with Crippen LogP contribution < -0.4 is 0 Å². The Morgan fingerprint density at radius 2 is 1.64 bits per heavy atom. The molecular formula is C10H12F4O7S. The lowest BCUT2D eigenvalue weighted by Crippen LogP contribution is -2.46. The summed E-state index contributed by atoms with van der Waals surface area (Å²) < 4.78 is 88.5. The van der Waals surface area contributed by atoms with Gasteiger partial charge in [-0.05, 0) is 6.42 Å². The first kappa shape index (κ1) is 20.3. The lowest BCUT2D eigenvalue weighted by molar-refractivity contribution is -0.167. The van der Waals surface area contributed by atoms with Crippen LogP contribution in [0.1, 0.15) is 12.8 Å². The Morgan fingerprint density at radius 3 is 2.09 bits per heavy atom. The Bertz CT molecular complexity index is 541. The molecule has 22 heavy (non-hydrogen) atoms. The van der Waals surface area contributed by atoms with Gasteiger partial charge in [0, 0.05) is 18.6 Å². The molecule has 0 aliphatic carbocycles. The Balaban J connectivity index is 4.40. The Labute approximate surface area is 122 Å². The molecule has 0 radical (unpaired) electrons. The van der Waals surface area contributed by atoms with Gasteiger partial charge in [-0.15, -0.1) is 0 Å². The van der Waals surface area contributed by atoms with Crippen molar-refractivity contribution in [1.29, 1.82) is 0 Å². The number of hydrogen-bond donors (Lipinski definition) is 1. The first-order valence-corrected chi connectivity index (χ1v) is 6.94. The maximum absolute atomic E-state index is 13.0. The Kier molecular flexibility index (Phi) is 6.96. The van der Waals surface area contributed by atoms with Crippen molar-refractivity contribution >= 4 is 22.1 Å². The van der Waals surface area contributed by atoms with E-state index >= 15 is 0 Å². The third-order valence-electron chi connectivity index (χ3n) is 2.19. The molecule has 0 atom stereocenters. The predicted octanol–water partition coefficient (Wildman–Crippen LogP) is 1.15. The van der Waals surface area contributed by atoms with Crippen molar-refractivity contribution in [3.63, 3.8) is 0 Å². The molecule has 0 aliphatic heterocycles. The summed E-state index contributed by atoms with van der Waals surface area (Å²) >= 11 is 0. The molecule has 0 heterocycles.